The van der Waals surface area contributed by atoms with Gasteiger partial charge in [-0.15, -0.1) is 0 Å². The van der Waals surface area contributed by atoms with Crippen molar-refractivity contribution in [3.8, 4) is 0 Å². The van der Waals surface area contributed by atoms with E-state index in [1.807, 2.05) is 0 Å². The molecule has 84 valence electrons. The molecular weight excluding hydrogens is 172 g/mol. The first-order valence-electron chi connectivity index (χ1n) is 6.17. The maximum Gasteiger partial charge on any atom is 0.0431 e. The van der Waals surface area contributed by atoms with Crippen LogP contribution in [0.4, 0.5) is 0 Å². The standard InChI is InChI=1S/C13H26O/c1-2-3-4-5-6-7-8-9-10-11-12-13-14/h5-6,14H,2-4,7-13H2,1H3/b6-5-. The van der Waals surface area contributed by atoms with E-state index in [2.05, 4.69) is 19.1 Å². The summed E-state index contributed by atoms with van der Waals surface area (Å²) in [7, 11) is 0. The lowest BCUT2D eigenvalue weighted by molar-refractivity contribution is 0.282. The summed E-state index contributed by atoms with van der Waals surface area (Å²) in [6, 6.07) is 0. The molecule has 0 saturated heterocycles. The fraction of sp³-hybridized carbons (Fsp3) is 0.846. The molecule has 0 atom stereocenters. The Labute approximate surface area is 89.2 Å². The average molecular weight is 198 g/mol. The van der Waals surface area contributed by atoms with E-state index < -0.39 is 0 Å². The maximum atomic E-state index is 8.58. The highest BCUT2D eigenvalue weighted by Gasteiger charge is 1.88. The van der Waals surface area contributed by atoms with Crippen LogP contribution < -0.4 is 0 Å². The Balaban J connectivity index is 2.94. The summed E-state index contributed by atoms with van der Waals surface area (Å²) in [5.74, 6) is 0. The molecule has 0 spiro atoms. The van der Waals surface area contributed by atoms with Gasteiger partial charge in [-0.2, -0.15) is 0 Å². The molecule has 0 saturated carbocycles. The van der Waals surface area contributed by atoms with Gasteiger partial charge in [0.15, 0.2) is 0 Å². The molecule has 0 radical (unpaired) electrons. The van der Waals surface area contributed by atoms with Crippen molar-refractivity contribution >= 4 is 0 Å². The Morgan fingerprint density at radius 1 is 0.786 bits per heavy atom. The highest BCUT2D eigenvalue weighted by Crippen LogP contribution is 2.06. The molecule has 1 nitrogen and oxygen atoms in total. The molecule has 0 aromatic heterocycles. The Morgan fingerprint density at radius 3 is 2.00 bits per heavy atom. The van der Waals surface area contributed by atoms with E-state index in [0.29, 0.717) is 6.61 Å². The summed E-state index contributed by atoms with van der Waals surface area (Å²) in [5.41, 5.74) is 0. The maximum absolute atomic E-state index is 8.58. The number of unbranched alkanes of at least 4 members (excludes halogenated alkanes) is 7. The Kier molecular flexibility index (Phi) is 12.4. The molecule has 0 aliphatic rings. The molecular formula is C13H26O. The van der Waals surface area contributed by atoms with Crippen LogP contribution in [0.3, 0.4) is 0 Å². The predicted octanol–water partition coefficient (Wildman–Crippen LogP) is 4.07. The number of aliphatic hydroxyl groups is 1. The van der Waals surface area contributed by atoms with Crippen molar-refractivity contribution in [1.29, 1.82) is 0 Å². The number of hydrogen-bond donors (Lipinski definition) is 1. The summed E-state index contributed by atoms with van der Waals surface area (Å²) < 4.78 is 0. The van der Waals surface area contributed by atoms with Crippen molar-refractivity contribution in [2.75, 3.05) is 6.61 Å². The van der Waals surface area contributed by atoms with Gasteiger partial charge < -0.3 is 5.11 Å². The zero-order chi connectivity index (χ0) is 10.5. The SMILES string of the molecule is CCCC/C=C\CCCCCCCO. The molecule has 0 amide bonds. The monoisotopic (exact) mass is 198 g/mol. The lowest BCUT2D eigenvalue weighted by atomic mass is 10.1. The van der Waals surface area contributed by atoms with Crippen LogP contribution in [0.25, 0.3) is 0 Å². The van der Waals surface area contributed by atoms with Gasteiger partial charge in [0.2, 0.25) is 0 Å². The molecule has 0 heterocycles. The van der Waals surface area contributed by atoms with Gasteiger partial charge in [0.05, 0.1) is 0 Å². The Bertz CT molecular complexity index is 118. The second kappa shape index (κ2) is 12.7. The van der Waals surface area contributed by atoms with Crippen LogP contribution in [0.1, 0.15) is 64.7 Å². The third-order valence-electron chi connectivity index (χ3n) is 2.42. The van der Waals surface area contributed by atoms with E-state index in [1.54, 1.807) is 0 Å². The highest BCUT2D eigenvalue weighted by atomic mass is 16.2. The van der Waals surface area contributed by atoms with Gasteiger partial charge in [0, 0.05) is 6.61 Å². The van der Waals surface area contributed by atoms with Gasteiger partial charge >= 0.3 is 0 Å². The predicted molar refractivity (Wildman–Crippen MR) is 63.5 cm³/mol. The van der Waals surface area contributed by atoms with Crippen LogP contribution in [-0.4, -0.2) is 11.7 Å². The van der Waals surface area contributed by atoms with E-state index in [4.69, 9.17) is 5.11 Å². The first-order chi connectivity index (χ1) is 6.91. The first-order valence-corrected chi connectivity index (χ1v) is 6.17. The lowest BCUT2D eigenvalue weighted by Crippen LogP contribution is -1.83. The van der Waals surface area contributed by atoms with E-state index >= 15 is 0 Å². The number of rotatable bonds is 10. The minimum atomic E-state index is 0.358. The summed E-state index contributed by atoms with van der Waals surface area (Å²) in [5, 5.41) is 8.58. The molecule has 14 heavy (non-hydrogen) atoms. The molecule has 0 aromatic rings. The van der Waals surface area contributed by atoms with Crippen molar-refractivity contribution < 1.29 is 5.11 Å². The molecule has 1 heteroatoms. The smallest absolute Gasteiger partial charge is 0.0431 e. The largest absolute Gasteiger partial charge is 0.396 e. The number of hydrogen-bond acceptors (Lipinski definition) is 1. The third-order valence-corrected chi connectivity index (χ3v) is 2.42. The molecule has 0 rings (SSSR count). The van der Waals surface area contributed by atoms with Crippen LogP contribution in [0, 0.1) is 0 Å². The van der Waals surface area contributed by atoms with E-state index in [0.717, 1.165) is 6.42 Å². The van der Waals surface area contributed by atoms with Gasteiger partial charge in [-0.1, -0.05) is 51.2 Å². The molecule has 0 aliphatic heterocycles. The van der Waals surface area contributed by atoms with Crippen molar-refractivity contribution in [2.45, 2.75) is 64.7 Å². The Hall–Kier alpha value is -0.300. The normalized spacial score (nSPS) is 11.3. The minimum Gasteiger partial charge on any atom is -0.396 e. The van der Waals surface area contributed by atoms with Crippen molar-refractivity contribution in [1.82, 2.24) is 0 Å². The minimum absolute atomic E-state index is 0.358. The van der Waals surface area contributed by atoms with Gasteiger partial charge in [-0.3, -0.25) is 0 Å². The van der Waals surface area contributed by atoms with Gasteiger partial charge in [-0.05, 0) is 25.7 Å². The average Bonchev–Trinajstić information content (AvgIpc) is 2.21. The highest BCUT2D eigenvalue weighted by molar-refractivity contribution is 4.80. The molecule has 0 bridgehead atoms. The summed E-state index contributed by atoms with van der Waals surface area (Å²) in [6.07, 6.45) is 15.8. The third kappa shape index (κ3) is 11.7. The zero-order valence-electron chi connectivity index (χ0n) is 9.67. The van der Waals surface area contributed by atoms with Crippen LogP contribution in [0.2, 0.25) is 0 Å². The fourth-order valence-electron chi connectivity index (χ4n) is 1.46. The topological polar surface area (TPSA) is 20.2 Å². The van der Waals surface area contributed by atoms with Crippen molar-refractivity contribution in [3.63, 3.8) is 0 Å². The van der Waals surface area contributed by atoms with Gasteiger partial charge in [0.25, 0.3) is 0 Å². The van der Waals surface area contributed by atoms with Gasteiger partial charge in [0.1, 0.15) is 0 Å². The number of allylic oxidation sites excluding steroid dienone is 2. The quantitative estimate of drug-likeness (QED) is 0.414. The van der Waals surface area contributed by atoms with Crippen LogP contribution in [0.15, 0.2) is 12.2 Å². The molecule has 1 N–H and O–H groups in total. The van der Waals surface area contributed by atoms with Crippen LogP contribution in [0.5, 0.6) is 0 Å². The second-order valence-corrected chi connectivity index (χ2v) is 3.89. The molecule has 0 unspecified atom stereocenters. The zero-order valence-corrected chi connectivity index (χ0v) is 9.67. The second-order valence-electron chi connectivity index (χ2n) is 3.89. The van der Waals surface area contributed by atoms with Crippen LogP contribution >= 0.6 is 0 Å². The van der Waals surface area contributed by atoms with E-state index in [-0.39, 0.29) is 0 Å². The van der Waals surface area contributed by atoms with E-state index in [9.17, 15) is 0 Å². The molecule has 0 aliphatic carbocycles. The Morgan fingerprint density at radius 2 is 1.36 bits per heavy atom. The van der Waals surface area contributed by atoms with Gasteiger partial charge in [-0.25, -0.2) is 0 Å². The summed E-state index contributed by atoms with van der Waals surface area (Å²) in [6.45, 7) is 2.59. The van der Waals surface area contributed by atoms with Crippen molar-refractivity contribution in [2.24, 2.45) is 0 Å². The summed E-state index contributed by atoms with van der Waals surface area (Å²) in [4.78, 5) is 0. The first kappa shape index (κ1) is 13.7. The molecule has 0 aromatic carbocycles. The van der Waals surface area contributed by atoms with E-state index in [1.165, 1.54) is 51.4 Å². The van der Waals surface area contributed by atoms with Crippen LogP contribution in [-0.2, 0) is 0 Å². The lowest BCUT2D eigenvalue weighted by Gasteiger charge is -1.97. The fourth-order valence-corrected chi connectivity index (χ4v) is 1.46. The van der Waals surface area contributed by atoms with Crippen molar-refractivity contribution in [3.05, 3.63) is 12.2 Å². The number of aliphatic hydroxyl groups excluding tert-OH is 1. The molecule has 0 fully saturated rings. The summed E-state index contributed by atoms with van der Waals surface area (Å²) >= 11 is 0.